The maximum atomic E-state index is 10.1. The Kier molecular flexibility index (Phi) is 15.7. The van der Waals surface area contributed by atoms with E-state index in [2.05, 4.69) is 32.9 Å². The van der Waals surface area contributed by atoms with Gasteiger partial charge in [-0.15, -0.1) is 0 Å². The molecule has 4 aromatic rings. The number of aryl methyl sites for hydroxylation is 3. The SMILES string of the molecule is Cc1cc(C)[c-](C)c1.O=C([O-])c1ccccc1.O=C([O-])c1ccccc1.O=C([O-])c1ccccc1.[Ti+4]. The minimum absolute atomic E-state index is 0. The summed E-state index contributed by atoms with van der Waals surface area (Å²) in [4.78, 5) is 30.3. The van der Waals surface area contributed by atoms with Crippen molar-refractivity contribution in [2.24, 2.45) is 0 Å². The standard InChI is InChI=1S/C8H11.3C7H6O2.Ti/c1-6-4-7(2)8(3)5-6;3*8-7(9)6-4-2-1-3-5-6;/h4-5H,1-3H3;3*1-5H,(H,8,9);/q-1;;;;+4/p-3. The number of carbonyl (C=O) groups is 3. The van der Waals surface area contributed by atoms with Crippen LogP contribution in [0.15, 0.2) is 103 Å². The topological polar surface area (TPSA) is 120 Å². The summed E-state index contributed by atoms with van der Waals surface area (Å²) < 4.78 is 0. The fourth-order valence-corrected chi connectivity index (χ4v) is 2.68. The zero-order valence-electron chi connectivity index (χ0n) is 20.3. The van der Waals surface area contributed by atoms with Crippen molar-refractivity contribution in [1.82, 2.24) is 0 Å². The van der Waals surface area contributed by atoms with Crippen LogP contribution in [-0.2, 0) is 21.7 Å². The molecule has 0 heterocycles. The van der Waals surface area contributed by atoms with Gasteiger partial charge in [-0.05, 0) is 16.7 Å². The molecule has 0 aliphatic carbocycles. The molecule has 7 heteroatoms. The molecule has 0 aliphatic rings. The molecule has 6 nitrogen and oxygen atoms in total. The largest absolute Gasteiger partial charge is 4.00 e. The Morgan fingerprint density at radius 3 is 0.972 bits per heavy atom. The van der Waals surface area contributed by atoms with Gasteiger partial charge in [-0.3, -0.25) is 0 Å². The second kappa shape index (κ2) is 17.6. The predicted octanol–water partition coefficient (Wildman–Crippen LogP) is 2.48. The first-order chi connectivity index (χ1) is 16.6. The Bertz CT molecular complexity index is 1050. The van der Waals surface area contributed by atoms with Crippen LogP contribution in [0.3, 0.4) is 0 Å². The van der Waals surface area contributed by atoms with E-state index in [1.54, 1.807) is 54.6 Å². The fraction of sp³-hybridized carbons (Fsp3) is 0.103. The van der Waals surface area contributed by atoms with E-state index in [4.69, 9.17) is 0 Å². The minimum Gasteiger partial charge on any atom is -0.545 e. The molecular weight excluding hydrogens is 492 g/mol. The van der Waals surface area contributed by atoms with E-state index in [0.29, 0.717) is 0 Å². The Hall–Kier alpha value is -3.87. The van der Waals surface area contributed by atoms with E-state index in [1.165, 1.54) is 53.1 Å². The number of hydrogen-bond acceptors (Lipinski definition) is 6. The van der Waals surface area contributed by atoms with E-state index in [1.807, 2.05) is 0 Å². The summed E-state index contributed by atoms with van der Waals surface area (Å²) in [6.07, 6.45) is 0. The number of hydrogen-bond donors (Lipinski definition) is 0. The first-order valence-electron chi connectivity index (χ1n) is 10.6. The molecule has 4 rings (SSSR count). The third-order valence-corrected chi connectivity index (χ3v) is 4.54. The molecule has 0 fully saturated rings. The molecule has 0 saturated heterocycles. The van der Waals surface area contributed by atoms with Gasteiger partial charge in [0, 0.05) is 0 Å². The first kappa shape index (κ1) is 32.1. The average molecular weight is 518 g/mol. The number of aromatic carboxylic acids is 3. The summed E-state index contributed by atoms with van der Waals surface area (Å²) in [6, 6.07) is 28.6. The van der Waals surface area contributed by atoms with Crippen LogP contribution < -0.4 is 15.3 Å². The predicted molar refractivity (Wildman–Crippen MR) is 129 cm³/mol. The zero-order valence-corrected chi connectivity index (χ0v) is 21.8. The maximum Gasteiger partial charge on any atom is 4.00 e. The van der Waals surface area contributed by atoms with Crippen molar-refractivity contribution in [1.29, 1.82) is 0 Å². The summed E-state index contributed by atoms with van der Waals surface area (Å²) >= 11 is 0. The third-order valence-electron chi connectivity index (χ3n) is 4.54. The van der Waals surface area contributed by atoms with Crippen LogP contribution in [0.1, 0.15) is 47.8 Å². The number of rotatable bonds is 3. The third kappa shape index (κ3) is 13.1. The molecule has 0 atom stereocenters. The van der Waals surface area contributed by atoms with Crippen LogP contribution in [0, 0.1) is 20.8 Å². The van der Waals surface area contributed by atoms with Gasteiger partial charge in [-0.25, -0.2) is 11.6 Å². The molecule has 0 bridgehead atoms. The van der Waals surface area contributed by atoms with Crippen molar-refractivity contribution in [2.45, 2.75) is 20.8 Å². The van der Waals surface area contributed by atoms with Crippen molar-refractivity contribution < 1.29 is 51.4 Å². The summed E-state index contributed by atoms with van der Waals surface area (Å²) in [5.74, 6) is -3.39. The van der Waals surface area contributed by atoms with Crippen molar-refractivity contribution in [3.05, 3.63) is 137 Å². The Morgan fingerprint density at radius 2 is 0.861 bits per heavy atom. The van der Waals surface area contributed by atoms with Crippen LogP contribution in [0.2, 0.25) is 0 Å². The maximum absolute atomic E-state index is 10.1. The molecule has 0 aliphatic heterocycles. The van der Waals surface area contributed by atoms with E-state index in [9.17, 15) is 29.7 Å². The molecule has 0 unspecified atom stereocenters. The van der Waals surface area contributed by atoms with Crippen LogP contribution >= 0.6 is 0 Å². The normalized spacial score (nSPS) is 8.86. The first-order valence-corrected chi connectivity index (χ1v) is 10.6. The molecule has 0 radical (unpaired) electrons. The molecule has 182 valence electrons. The molecule has 0 aromatic heterocycles. The zero-order chi connectivity index (χ0) is 26.2. The van der Waals surface area contributed by atoms with Gasteiger partial charge in [-0.2, -0.15) is 17.2 Å². The molecule has 0 amide bonds. The van der Waals surface area contributed by atoms with Crippen LogP contribution in [0.5, 0.6) is 0 Å². The second-order valence-electron chi connectivity index (χ2n) is 7.36. The number of carboxylic acids is 3. The van der Waals surface area contributed by atoms with Gasteiger partial charge in [0.1, 0.15) is 0 Å². The smallest absolute Gasteiger partial charge is 0.545 e. The summed E-state index contributed by atoms with van der Waals surface area (Å²) in [7, 11) is 0. The number of benzene rings is 3. The molecular formula is C29H26O6Ti. The van der Waals surface area contributed by atoms with Gasteiger partial charge < -0.3 is 29.7 Å². The summed E-state index contributed by atoms with van der Waals surface area (Å²) in [6.45, 7) is 6.41. The quantitative estimate of drug-likeness (QED) is 0.304. The fourth-order valence-electron chi connectivity index (χ4n) is 2.68. The Morgan fingerprint density at radius 1 is 0.583 bits per heavy atom. The molecule has 36 heavy (non-hydrogen) atoms. The molecule has 4 aromatic carbocycles. The number of carbonyl (C=O) groups excluding carboxylic acids is 3. The van der Waals surface area contributed by atoms with Crippen molar-refractivity contribution in [3.8, 4) is 0 Å². The van der Waals surface area contributed by atoms with Crippen molar-refractivity contribution in [3.63, 3.8) is 0 Å². The molecule has 0 spiro atoms. The van der Waals surface area contributed by atoms with Crippen molar-refractivity contribution >= 4 is 17.9 Å². The van der Waals surface area contributed by atoms with E-state index < -0.39 is 17.9 Å². The number of carboxylic acid groups (broad SMARTS) is 3. The van der Waals surface area contributed by atoms with Crippen LogP contribution in [-0.4, -0.2) is 17.9 Å². The van der Waals surface area contributed by atoms with Gasteiger partial charge in [0.15, 0.2) is 0 Å². The van der Waals surface area contributed by atoms with Gasteiger partial charge in [-0.1, -0.05) is 112 Å². The summed E-state index contributed by atoms with van der Waals surface area (Å²) in [5.41, 5.74) is 4.84. The summed E-state index contributed by atoms with van der Waals surface area (Å²) in [5, 5.41) is 30.3. The minimum atomic E-state index is -1.13. The molecule has 0 N–H and O–H groups in total. The van der Waals surface area contributed by atoms with Gasteiger partial charge in [0.2, 0.25) is 0 Å². The van der Waals surface area contributed by atoms with Gasteiger partial charge in [0.25, 0.3) is 0 Å². The van der Waals surface area contributed by atoms with Crippen LogP contribution in [0.25, 0.3) is 0 Å². The Labute approximate surface area is 226 Å². The van der Waals surface area contributed by atoms with Gasteiger partial charge >= 0.3 is 21.7 Å². The second-order valence-corrected chi connectivity index (χ2v) is 7.36. The average Bonchev–Trinajstić information content (AvgIpc) is 3.16. The van der Waals surface area contributed by atoms with E-state index in [0.717, 1.165) is 0 Å². The monoisotopic (exact) mass is 518 g/mol. The Balaban J connectivity index is 0.000000450. The van der Waals surface area contributed by atoms with Gasteiger partial charge in [0.05, 0.1) is 17.9 Å². The molecule has 0 saturated carbocycles. The van der Waals surface area contributed by atoms with E-state index >= 15 is 0 Å². The van der Waals surface area contributed by atoms with E-state index in [-0.39, 0.29) is 38.4 Å². The van der Waals surface area contributed by atoms with Crippen molar-refractivity contribution in [2.75, 3.05) is 0 Å². The van der Waals surface area contributed by atoms with Crippen LogP contribution in [0.4, 0.5) is 0 Å².